The first kappa shape index (κ1) is 15.6. The van der Waals surface area contributed by atoms with Crippen molar-refractivity contribution in [3.63, 3.8) is 0 Å². The summed E-state index contributed by atoms with van der Waals surface area (Å²) in [5.74, 6) is 0. The van der Waals surface area contributed by atoms with Crippen molar-refractivity contribution in [2.45, 2.75) is 32.4 Å². The molecule has 1 fully saturated rings. The molecule has 6 heteroatoms. The molecule has 4 rings (SSSR count). The van der Waals surface area contributed by atoms with Gasteiger partial charge in [-0.15, -0.1) is 0 Å². The van der Waals surface area contributed by atoms with Gasteiger partial charge in [0.05, 0.1) is 17.6 Å². The van der Waals surface area contributed by atoms with Crippen molar-refractivity contribution in [2.24, 2.45) is 7.05 Å². The normalized spacial score (nSPS) is 13.8. The fourth-order valence-corrected chi connectivity index (χ4v) is 3.10. The topological polar surface area (TPSA) is 63.1 Å². The van der Waals surface area contributed by atoms with Crippen LogP contribution in [-0.2, 0) is 13.6 Å². The third-order valence-electron chi connectivity index (χ3n) is 4.56. The number of fused-ring (bicyclic) bond motifs is 1. The fourth-order valence-electron chi connectivity index (χ4n) is 3.10. The van der Waals surface area contributed by atoms with Crippen LogP contribution in [0.4, 0.5) is 10.5 Å². The molecule has 128 valence electrons. The maximum absolute atomic E-state index is 12.8. The Morgan fingerprint density at radius 3 is 2.80 bits per heavy atom. The Balaban J connectivity index is 1.54. The van der Waals surface area contributed by atoms with E-state index in [0.29, 0.717) is 18.3 Å². The highest BCUT2D eigenvalue weighted by atomic mass is 16.2. The van der Waals surface area contributed by atoms with E-state index in [1.54, 1.807) is 10.9 Å². The maximum atomic E-state index is 12.8. The molecule has 1 aliphatic carbocycles. The van der Waals surface area contributed by atoms with E-state index in [2.05, 4.69) is 27.5 Å². The molecular formula is C19H21N5O. The molecule has 2 amide bonds. The van der Waals surface area contributed by atoms with E-state index < -0.39 is 0 Å². The van der Waals surface area contributed by atoms with Crippen molar-refractivity contribution in [2.75, 3.05) is 5.32 Å². The Bertz CT molecular complexity index is 914. The minimum Gasteiger partial charge on any atom is -0.317 e. The van der Waals surface area contributed by atoms with Gasteiger partial charge in [0.2, 0.25) is 0 Å². The van der Waals surface area contributed by atoms with Crippen LogP contribution in [0.2, 0.25) is 0 Å². The molecule has 1 aliphatic rings. The van der Waals surface area contributed by atoms with Crippen LogP contribution in [0.25, 0.3) is 11.0 Å². The smallest absolute Gasteiger partial charge is 0.317 e. The molecule has 0 atom stereocenters. The van der Waals surface area contributed by atoms with Crippen LogP contribution in [0.15, 0.2) is 42.6 Å². The SMILES string of the molecule is Cc1nn(C)c2ncc(NC(=O)N(Cc3ccccc3)C3CC3)cc12. The largest absolute Gasteiger partial charge is 0.322 e. The van der Waals surface area contributed by atoms with Gasteiger partial charge < -0.3 is 10.2 Å². The summed E-state index contributed by atoms with van der Waals surface area (Å²) in [6.45, 7) is 2.57. The van der Waals surface area contributed by atoms with E-state index >= 15 is 0 Å². The first-order valence-electron chi connectivity index (χ1n) is 8.53. The Hall–Kier alpha value is -2.89. The van der Waals surface area contributed by atoms with Gasteiger partial charge in [-0.1, -0.05) is 30.3 Å². The Morgan fingerprint density at radius 1 is 1.32 bits per heavy atom. The average Bonchev–Trinajstić information content (AvgIpc) is 3.41. The summed E-state index contributed by atoms with van der Waals surface area (Å²) < 4.78 is 1.75. The predicted molar refractivity (Wildman–Crippen MR) is 97.3 cm³/mol. The van der Waals surface area contributed by atoms with Crippen molar-refractivity contribution in [3.05, 3.63) is 53.9 Å². The van der Waals surface area contributed by atoms with Crippen molar-refractivity contribution in [3.8, 4) is 0 Å². The molecule has 1 N–H and O–H groups in total. The highest BCUT2D eigenvalue weighted by Gasteiger charge is 2.32. The molecule has 6 nitrogen and oxygen atoms in total. The number of amides is 2. The summed E-state index contributed by atoms with van der Waals surface area (Å²) in [6.07, 6.45) is 3.83. The number of pyridine rings is 1. The van der Waals surface area contributed by atoms with Crippen LogP contribution >= 0.6 is 0 Å². The number of carbonyl (C=O) groups is 1. The molecule has 3 aromatic rings. The van der Waals surface area contributed by atoms with Gasteiger partial charge in [-0.05, 0) is 31.4 Å². The summed E-state index contributed by atoms with van der Waals surface area (Å²) in [5.41, 5.74) is 3.57. The van der Waals surface area contributed by atoms with Crippen LogP contribution in [0.3, 0.4) is 0 Å². The number of anilines is 1. The lowest BCUT2D eigenvalue weighted by Gasteiger charge is -2.23. The molecular weight excluding hydrogens is 314 g/mol. The number of rotatable bonds is 4. The van der Waals surface area contributed by atoms with Gasteiger partial charge in [0.1, 0.15) is 0 Å². The molecule has 1 aromatic carbocycles. The van der Waals surface area contributed by atoms with Crippen LogP contribution < -0.4 is 5.32 Å². The summed E-state index contributed by atoms with van der Waals surface area (Å²) in [6, 6.07) is 12.3. The van der Waals surface area contributed by atoms with E-state index in [0.717, 1.165) is 35.1 Å². The number of urea groups is 1. The number of aromatic nitrogens is 3. The molecule has 0 spiro atoms. The average molecular weight is 335 g/mol. The second-order valence-electron chi connectivity index (χ2n) is 6.58. The van der Waals surface area contributed by atoms with E-state index in [1.165, 1.54) is 0 Å². The standard InChI is InChI=1S/C19H21N5O/c1-13-17-10-15(11-20-18(17)23(2)22-13)21-19(25)24(16-8-9-16)12-14-6-4-3-5-7-14/h3-7,10-11,16H,8-9,12H2,1-2H3,(H,21,25). The number of nitrogens with zero attached hydrogens (tertiary/aromatic N) is 4. The number of nitrogens with one attached hydrogen (secondary N) is 1. The number of aryl methyl sites for hydroxylation is 2. The van der Waals surface area contributed by atoms with Gasteiger partial charge in [-0.25, -0.2) is 9.78 Å². The monoisotopic (exact) mass is 335 g/mol. The van der Waals surface area contributed by atoms with Crippen molar-refractivity contribution in [1.82, 2.24) is 19.7 Å². The molecule has 1 saturated carbocycles. The summed E-state index contributed by atoms with van der Waals surface area (Å²) in [4.78, 5) is 19.1. The number of hydrogen-bond acceptors (Lipinski definition) is 3. The molecule has 2 aromatic heterocycles. The van der Waals surface area contributed by atoms with Crippen LogP contribution in [-0.4, -0.2) is 31.7 Å². The van der Waals surface area contributed by atoms with Crippen molar-refractivity contribution >= 4 is 22.8 Å². The lowest BCUT2D eigenvalue weighted by Crippen LogP contribution is -2.36. The Kier molecular flexibility index (Phi) is 3.87. The van der Waals surface area contributed by atoms with Gasteiger partial charge in [-0.2, -0.15) is 5.10 Å². The van der Waals surface area contributed by atoms with Crippen LogP contribution in [0, 0.1) is 6.92 Å². The molecule has 0 aliphatic heterocycles. The highest BCUT2D eigenvalue weighted by molar-refractivity contribution is 5.92. The first-order valence-corrected chi connectivity index (χ1v) is 8.53. The first-order chi connectivity index (χ1) is 12.1. The number of carbonyl (C=O) groups excluding carboxylic acids is 1. The zero-order chi connectivity index (χ0) is 17.4. The van der Waals surface area contributed by atoms with E-state index in [9.17, 15) is 4.79 Å². The minimum absolute atomic E-state index is 0.0750. The van der Waals surface area contributed by atoms with Crippen molar-refractivity contribution < 1.29 is 4.79 Å². The maximum Gasteiger partial charge on any atom is 0.322 e. The zero-order valence-corrected chi connectivity index (χ0v) is 14.4. The predicted octanol–water partition coefficient (Wildman–Crippen LogP) is 3.47. The number of benzene rings is 1. The van der Waals surface area contributed by atoms with Crippen LogP contribution in [0.1, 0.15) is 24.1 Å². The lowest BCUT2D eigenvalue weighted by molar-refractivity contribution is 0.206. The molecule has 0 saturated heterocycles. The quantitative estimate of drug-likeness (QED) is 0.794. The molecule has 2 heterocycles. The molecule has 0 radical (unpaired) electrons. The molecule has 25 heavy (non-hydrogen) atoms. The highest BCUT2D eigenvalue weighted by Crippen LogP contribution is 2.29. The van der Waals surface area contributed by atoms with Gasteiger partial charge in [0.25, 0.3) is 0 Å². The zero-order valence-electron chi connectivity index (χ0n) is 14.4. The van der Waals surface area contributed by atoms with Crippen LogP contribution in [0.5, 0.6) is 0 Å². The molecule has 0 unspecified atom stereocenters. The molecule has 0 bridgehead atoms. The lowest BCUT2D eigenvalue weighted by atomic mass is 10.2. The summed E-state index contributed by atoms with van der Waals surface area (Å²) in [7, 11) is 1.87. The third-order valence-corrected chi connectivity index (χ3v) is 4.56. The van der Waals surface area contributed by atoms with Crippen molar-refractivity contribution in [1.29, 1.82) is 0 Å². The third kappa shape index (κ3) is 3.20. The van der Waals surface area contributed by atoms with Gasteiger partial charge in [-0.3, -0.25) is 4.68 Å². The second kappa shape index (κ2) is 6.20. The van der Waals surface area contributed by atoms with Gasteiger partial charge >= 0.3 is 6.03 Å². The number of hydrogen-bond donors (Lipinski definition) is 1. The Labute approximate surface area is 146 Å². The second-order valence-corrected chi connectivity index (χ2v) is 6.58. The minimum atomic E-state index is -0.0750. The van der Waals surface area contributed by atoms with Gasteiger partial charge in [0, 0.05) is 25.0 Å². The van der Waals surface area contributed by atoms with E-state index in [1.807, 2.05) is 43.1 Å². The van der Waals surface area contributed by atoms with E-state index in [4.69, 9.17) is 0 Å². The van der Waals surface area contributed by atoms with E-state index in [-0.39, 0.29) is 6.03 Å². The summed E-state index contributed by atoms with van der Waals surface area (Å²) >= 11 is 0. The fraction of sp³-hybridized carbons (Fsp3) is 0.316. The Morgan fingerprint density at radius 2 is 2.08 bits per heavy atom. The summed E-state index contributed by atoms with van der Waals surface area (Å²) in [5, 5.41) is 8.33. The van der Waals surface area contributed by atoms with Gasteiger partial charge in [0.15, 0.2) is 5.65 Å².